The molecule has 0 aliphatic rings. The van der Waals surface area contributed by atoms with E-state index in [1.54, 1.807) is 0 Å². The molecule has 0 aromatic heterocycles. The van der Waals surface area contributed by atoms with Crippen molar-refractivity contribution in [2.45, 2.75) is 39.2 Å². The predicted octanol–water partition coefficient (Wildman–Crippen LogP) is 3.61. The first kappa shape index (κ1) is 12.0. The SMILES string of the molecule is CCC=C(c1ccccc1)C(C)(N)CC. The normalized spacial score (nSPS) is 16.1. The lowest BCUT2D eigenvalue weighted by Crippen LogP contribution is -2.36. The van der Waals surface area contributed by atoms with Crippen molar-refractivity contribution in [2.75, 3.05) is 0 Å². The molecular formula is C14H21N. The van der Waals surface area contributed by atoms with Gasteiger partial charge in [0, 0.05) is 5.54 Å². The van der Waals surface area contributed by atoms with Crippen molar-refractivity contribution in [3.05, 3.63) is 42.0 Å². The summed E-state index contributed by atoms with van der Waals surface area (Å²) in [7, 11) is 0. The number of nitrogens with two attached hydrogens (primary N) is 1. The number of allylic oxidation sites excluding steroid dienone is 1. The van der Waals surface area contributed by atoms with Gasteiger partial charge in [0.1, 0.15) is 0 Å². The molecule has 0 heterocycles. The Labute approximate surface area is 93.0 Å². The molecule has 0 fully saturated rings. The van der Waals surface area contributed by atoms with E-state index in [2.05, 4.69) is 51.1 Å². The van der Waals surface area contributed by atoms with E-state index in [9.17, 15) is 0 Å². The monoisotopic (exact) mass is 203 g/mol. The predicted molar refractivity (Wildman–Crippen MR) is 67.6 cm³/mol. The molecule has 1 atom stereocenters. The van der Waals surface area contributed by atoms with Crippen molar-refractivity contribution in [2.24, 2.45) is 5.73 Å². The molecule has 0 radical (unpaired) electrons. The molecule has 0 saturated heterocycles. The van der Waals surface area contributed by atoms with Crippen LogP contribution in [0.3, 0.4) is 0 Å². The third kappa shape index (κ3) is 2.93. The zero-order valence-electron chi connectivity index (χ0n) is 9.96. The smallest absolute Gasteiger partial charge is 0.0381 e. The van der Waals surface area contributed by atoms with Gasteiger partial charge in [-0.2, -0.15) is 0 Å². The Morgan fingerprint density at radius 1 is 1.27 bits per heavy atom. The fourth-order valence-electron chi connectivity index (χ4n) is 1.69. The Kier molecular flexibility index (Phi) is 4.10. The lowest BCUT2D eigenvalue weighted by molar-refractivity contribution is 0.581. The molecule has 1 heteroatoms. The van der Waals surface area contributed by atoms with Gasteiger partial charge in [0.05, 0.1) is 0 Å². The molecule has 82 valence electrons. The lowest BCUT2D eigenvalue weighted by Gasteiger charge is -2.27. The highest BCUT2D eigenvalue weighted by Gasteiger charge is 2.22. The van der Waals surface area contributed by atoms with Gasteiger partial charge in [-0.05, 0) is 30.9 Å². The van der Waals surface area contributed by atoms with Crippen molar-refractivity contribution < 1.29 is 0 Å². The second-order valence-corrected chi connectivity index (χ2v) is 4.16. The summed E-state index contributed by atoms with van der Waals surface area (Å²) in [6.45, 7) is 6.38. The molecule has 1 nitrogen and oxygen atoms in total. The summed E-state index contributed by atoms with van der Waals surface area (Å²) in [5.74, 6) is 0. The van der Waals surface area contributed by atoms with Gasteiger partial charge >= 0.3 is 0 Å². The molecular weight excluding hydrogens is 182 g/mol. The van der Waals surface area contributed by atoms with Gasteiger partial charge < -0.3 is 5.73 Å². The number of hydrogen-bond donors (Lipinski definition) is 1. The summed E-state index contributed by atoms with van der Waals surface area (Å²) in [6.07, 6.45) is 4.21. The van der Waals surface area contributed by atoms with Crippen LogP contribution in [0.15, 0.2) is 36.4 Å². The first-order valence-electron chi connectivity index (χ1n) is 5.66. The zero-order chi connectivity index (χ0) is 11.3. The van der Waals surface area contributed by atoms with E-state index in [4.69, 9.17) is 5.73 Å². The van der Waals surface area contributed by atoms with Gasteiger partial charge in [0.25, 0.3) is 0 Å². The van der Waals surface area contributed by atoms with Gasteiger partial charge in [0.2, 0.25) is 0 Å². The van der Waals surface area contributed by atoms with Crippen molar-refractivity contribution in [1.82, 2.24) is 0 Å². The van der Waals surface area contributed by atoms with Crippen LogP contribution in [0.25, 0.3) is 5.57 Å². The second-order valence-electron chi connectivity index (χ2n) is 4.16. The zero-order valence-corrected chi connectivity index (χ0v) is 9.96. The highest BCUT2D eigenvalue weighted by atomic mass is 14.7. The Bertz CT molecular complexity index is 322. The average Bonchev–Trinajstić information content (AvgIpc) is 2.27. The number of rotatable bonds is 4. The van der Waals surface area contributed by atoms with E-state index in [1.807, 2.05) is 6.07 Å². The Hall–Kier alpha value is -1.08. The molecule has 0 saturated carbocycles. The van der Waals surface area contributed by atoms with Crippen LogP contribution in [0.1, 0.15) is 39.2 Å². The van der Waals surface area contributed by atoms with Crippen LogP contribution >= 0.6 is 0 Å². The van der Waals surface area contributed by atoms with Crippen LogP contribution in [-0.2, 0) is 0 Å². The van der Waals surface area contributed by atoms with Crippen LogP contribution in [0.4, 0.5) is 0 Å². The Morgan fingerprint density at radius 2 is 1.87 bits per heavy atom. The average molecular weight is 203 g/mol. The molecule has 0 aliphatic carbocycles. The maximum absolute atomic E-state index is 6.31. The number of benzene rings is 1. The number of hydrogen-bond acceptors (Lipinski definition) is 1. The third-order valence-corrected chi connectivity index (χ3v) is 2.84. The third-order valence-electron chi connectivity index (χ3n) is 2.84. The maximum Gasteiger partial charge on any atom is 0.0381 e. The van der Waals surface area contributed by atoms with Gasteiger partial charge in [-0.3, -0.25) is 0 Å². The topological polar surface area (TPSA) is 26.0 Å². The summed E-state index contributed by atoms with van der Waals surface area (Å²) in [5, 5.41) is 0. The summed E-state index contributed by atoms with van der Waals surface area (Å²) >= 11 is 0. The van der Waals surface area contributed by atoms with Crippen molar-refractivity contribution in [3.63, 3.8) is 0 Å². The van der Waals surface area contributed by atoms with Crippen molar-refractivity contribution in [3.8, 4) is 0 Å². The van der Waals surface area contributed by atoms with Crippen LogP contribution in [0, 0.1) is 0 Å². The molecule has 1 aromatic carbocycles. The van der Waals surface area contributed by atoms with Crippen LogP contribution in [-0.4, -0.2) is 5.54 Å². The molecule has 0 aliphatic heterocycles. The molecule has 15 heavy (non-hydrogen) atoms. The molecule has 0 spiro atoms. The van der Waals surface area contributed by atoms with Crippen molar-refractivity contribution in [1.29, 1.82) is 0 Å². The molecule has 0 bridgehead atoms. The minimum atomic E-state index is -0.225. The fraction of sp³-hybridized carbons (Fsp3) is 0.429. The van der Waals surface area contributed by atoms with Crippen molar-refractivity contribution >= 4 is 5.57 Å². The summed E-state index contributed by atoms with van der Waals surface area (Å²) in [6, 6.07) is 10.4. The molecule has 1 aromatic rings. The van der Waals surface area contributed by atoms with Gasteiger partial charge in [-0.25, -0.2) is 0 Å². The molecule has 1 unspecified atom stereocenters. The van der Waals surface area contributed by atoms with Gasteiger partial charge in [-0.15, -0.1) is 0 Å². The Balaban J connectivity index is 3.11. The first-order chi connectivity index (χ1) is 7.11. The van der Waals surface area contributed by atoms with E-state index >= 15 is 0 Å². The van der Waals surface area contributed by atoms with Gasteiger partial charge in [0.15, 0.2) is 0 Å². The molecule has 2 N–H and O–H groups in total. The van der Waals surface area contributed by atoms with E-state index in [-0.39, 0.29) is 5.54 Å². The van der Waals surface area contributed by atoms with Crippen LogP contribution in [0.2, 0.25) is 0 Å². The molecule has 0 amide bonds. The highest BCUT2D eigenvalue weighted by Crippen LogP contribution is 2.27. The quantitative estimate of drug-likeness (QED) is 0.795. The Morgan fingerprint density at radius 3 is 2.33 bits per heavy atom. The lowest BCUT2D eigenvalue weighted by atomic mass is 9.85. The maximum atomic E-state index is 6.31. The second kappa shape index (κ2) is 5.13. The minimum Gasteiger partial charge on any atom is -0.322 e. The first-order valence-corrected chi connectivity index (χ1v) is 5.66. The van der Waals surface area contributed by atoms with E-state index in [0.29, 0.717) is 0 Å². The van der Waals surface area contributed by atoms with Crippen LogP contribution < -0.4 is 5.73 Å². The van der Waals surface area contributed by atoms with Crippen LogP contribution in [0.5, 0.6) is 0 Å². The summed E-state index contributed by atoms with van der Waals surface area (Å²) in [4.78, 5) is 0. The largest absolute Gasteiger partial charge is 0.322 e. The summed E-state index contributed by atoms with van der Waals surface area (Å²) in [5.41, 5.74) is 8.58. The van der Waals surface area contributed by atoms with E-state index in [0.717, 1.165) is 12.8 Å². The fourth-order valence-corrected chi connectivity index (χ4v) is 1.69. The minimum absolute atomic E-state index is 0.225. The van der Waals surface area contributed by atoms with E-state index in [1.165, 1.54) is 11.1 Å². The standard InChI is InChI=1S/C14H21N/c1-4-9-13(14(3,15)5-2)12-10-7-6-8-11-12/h6-11H,4-5,15H2,1-3H3. The van der Waals surface area contributed by atoms with Gasteiger partial charge in [-0.1, -0.05) is 50.3 Å². The molecule has 1 rings (SSSR count). The summed E-state index contributed by atoms with van der Waals surface area (Å²) < 4.78 is 0. The highest BCUT2D eigenvalue weighted by molar-refractivity contribution is 5.72. The van der Waals surface area contributed by atoms with E-state index < -0.39 is 0 Å².